The average molecular weight is 404 g/mol. The summed E-state index contributed by atoms with van der Waals surface area (Å²) in [7, 11) is 0. The standard InChI is InChI=1S/C28H18ClN/c29-24-18-19-10-4-5-13-21(19)27-26(24)22-14-6-7-15-23(22)28(27,20-11-2-1-3-12-20)25-16-8-9-17-30-25/h1-18H. The number of hydrogen-bond donors (Lipinski definition) is 0. The summed E-state index contributed by atoms with van der Waals surface area (Å²) in [5.41, 5.74) is 6.41. The second kappa shape index (κ2) is 6.55. The molecule has 0 N–H and O–H groups in total. The Morgan fingerprint density at radius 3 is 2.27 bits per heavy atom. The number of pyridine rings is 1. The van der Waals surface area contributed by atoms with Gasteiger partial charge in [-0.1, -0.05) is 96.5 Å². The van der Waals surface area contributed by atoms with E-state index in [0.29, 0.717) is 0 Å². The summed E-state index contributed by atoms with van der Waals surface area (Å²) in [6, 6.07) is 36.1. The van der Waals surface area contributed by atoms with Gasteiger partial charge in [-0.05, 0) is 51.2 Å². The lowest BCUT2D eigenvalue weighted by Crippen LogP contribution is -2.30. The fourth-order valence-electron chi connectivity index (χ4n) is 5.12. The van der Waals surface area contributed by atoms with Crippen LogP contribution >= 0.6 is 11.6 Å². The first-order valence-electron chi connectivity index (χ1n) is 10.1. The minimum Gasteiger partial charge on any atom is -0.260 e. The number of halogens is 1. The molecule has 142 valence electrons. The molecule has 1 aromatic heterocycles. The Bertz CT molecular complexity index is 1350. The lowest BCUT2D eigenvalue weighted by molar-refractivity contribution is 0.741. The molecule has 0 amide bonds. The van der Waals surface area contributed by atoms with Crippen LogP contribution in [0.15, 0.2) is 109 Å². The van der Waals surface area contributed by atoms with Crippen molar-refractivity contribution >= 4 is 22.4 Å². The molecule has 0 fully saturated rings. The molecule has 30 heavy (non-hydrogen) atoms. The van der Waals surface area contributed by atoms with Gasteiger partial charge in [0.25, 0.3) is 0 Å². The van der Waals surface area contributed by atoms with Crippen LogP contribution in [0, 0.1) is 0 Å². The minimum absolute atomic E-state index is 0.529. The quantitative estimate of drug-likeness (QED) is 0.296. The van der Waals surface area contributed by atoms with Crippen molar-refractivity contribution in [2.24, 2.45) is 0 Å². The van der Waals surface area contributed by atoms with E-state index in [9.17, 15) is 0 Å². The molecule has 0 bridgehead atoms. The van der Waals surface area contributed by atoms with Crippen LogP contribution in [0.1, 0.15) is 22.4 Å². The first-order chi connectivity index (χ1) is 14.8. The summed E-state index contributed by atoms with van der Waals surface area (Å²) in [4.78, 5) is 4.90. The smallest absolute Gasteiger partial charge is 0.0892 e. The summed E-state index contributed by atoms with van der Waals surface area (Å²) in [6.45, 7) is 0. The predicted octanol–water partition coefficient (Wildman–Crippen LogP) is 7.25. The minimum atomic E-state index is -0.529. The van der Waals surface area contributed by atoms with E-state index in [1.807, 2.05) is 12.3 Å². The molecule has 0 aliphatic heterocycles. The lowest BCUT2D eigenvalue weighted by atomic mass is 9.68. The number of rotatable bonds is 2. The number of nitrogens with zero attached hydrogens (tertiary/aromatic N) is 1. The summed E-state index contributed by atoms with van der Waals surface area (Å²) in [5, 5.41) is 3.14. The zero-order valence-electron chi connectivity index (χ0n) is 16.2. The molecule has 0 radical (unpaired) electrons. The van der Waals surface area contributed by atoms with Crippen molar-refractivity contribution < 1.29 is 0 Å². The molecule has 1 heterocycles. The third-order valence-corrected chi connectivity index (χ3v) is 6.53. The van der Waals surface area contributed by atoms with E-state index in [1.165, 1.54) is 27.6 Å². The second-order valence-corrected chi connectivity index (χ2v) is 8.11. The van der Waals surface area contributed by atoms with Gasteiger partial charge < -0.3 is 0 Å². The molecular weight excluding hydrogens is 386 g/mol. The van der Waals surface area contributed by atoms with Gasteiger partial charge in [0, 0.05) is 16.8 Å². The second-order valence-electron chi connectivity index (χ2n) is 7.71. The predicted molar refractivity (Wildman–Crippen MR) is 124 cm³/mol. The average Bonchev–Trinajstić information content (AvgIpc) is 3.13. The van der Waals surface area contributed by atoms with Gasteiger partial charge in [0.05, 0.1) is 11.1 Å². The van der Waals surface area contributed by atoms with Crippen LogP contribution in [0.4, 0.5) is 0 Å². The zero-order chi connectivity index (χ0) is 20.1. The van der Waals surface area contributed by atoms with Crippen molar-refractivity contribution in [2.45, 2.75) is 5.41 Å². The van der Waals surface area contributed by atoms with Crippen molar-refractivity contribution in [2.75, 3.05) is 0 Å². The van der Waals surface area contributed by atoms with Crippen LogP contribution in [-0.2, 0) is 5.41 Å². The number of benzene rings is 4. The summed E-state index contributed by atoms with van der Waals surface area (Å²) >= 11 is 6.96. The van der Waals surface area contributed by atoms with Crippen molar-refractivity contribution in [3.05, 3.63) is 137 Å². The van der Waals surface area contributed by atoms with Crippen molar-refractivity contribution in [1.82, 2.24) is 4.98 Å². The maximum absolute atomic E-state index is 6.96. The molecule has 0 saturated carbocycles. The molecule has 5 aromatic rings. The van der Waals surface area contributed by atoms with Crippen molar-refractivity contribution in [1.29, 1.82) is 0 Å². The van der Waals surface area contributed by atoms with Crippen molar-refractivity contribution in [3.63, 3.8) is 0 Å². The molecule has 0 saturated heterocycles. The van der Waals surface area contributed by atoms with Gasteiger partial charge in [-0.15, -0.1) is 0 Å². The highest BCUT2D eigenvalue weighted by Gasteiger charge is 2.48. The number of hydrogen-bond acceptors (Lipinski definition) is 1. The molecule has 1 aliphatic carbocycles. The van der Waals surface area contributed by atoms with E-state index < -0.39 is 5.41 Å². The maximum Gasteiger partial charge on any atom is 0.0892 e. The molecule has 0 spiro atoms. The van der Waals surface area contributed by atoms with E-state index in [1.54, 1.807) is 0 Å². The van der Waals surface area contributed by atoms with Crippen LogP contribution in [0.2, 0.25) is 5.02 Å². The highest BCUT2D eigenvalue weighted by molar-refractivity contribution is 6.35. The Kier molecular flexibility index (Phi) is 3.81. The molecule has 1 atom stereocenters. The number of aromatic nitrogens is 1. The Labute approximate surface area is 180 Å². The summed E-state index contributed by atoms with van der Waals surface area (Å²) < 4.78 is 0. The van der Waals surface area contributed by atoms with E-state index in [4.69, 9.17) is 16.6 Å². The van der Waals surface area contributed by atoms with Gasteiger partial charge >= 0.3 is 0 Å². The number of fused-ring (bicyclic) bond motifs is 5. The van der Waals surface area contributed by atoms with E-state index >= 15 is 0 Å². The maximum atomic E-state index is 6.96. The molecule has 6 rings (SSSR count). The van der Waals surface area contributed by atoms with Gasteiger partial charge in [-0.2, -0.15) is 0 Å². The summed E-state index contributed by atoms with van der Waals surface area (Å²) in [5.74, 6) is 0. The van der Waals surface area contributed by atoms with Gasteiger partial charge in [0.15, 0.2) is 0 Å². The van der Waals surface area contributed by atoms with E-state index in [2.05, 4.69) is 97.1 Å². The highest BCUT2D eigenvalue weighted by atomic mass is 35.5. The molecule has 1 aliphatic rings. The van der Waals surface area contributed by atoms with Gasteiger partial charge in [0.1, 0.15) is 0 Å². The monoisotopic (exact) mass is 403 g/mol. The molecule has 1 unspecified atom stereocenters. The first kappa shape index (κ1) is 17.4. The highest BCUT2D eigenvalue weighted by Crippen LogP contribution is 2.59. The largest absolute Gasteiger partial charge is 0.260 e. The van der Waals surface area contributed by atoms with Gasteiger partial charge in [-0.25, -0.2) is 0 Å². The van der Waals surface area contributed by atoms with Gasteiger partial charge in [0.2, 0.25) is 0 Å². The third-order valence-electron chi connectivity index (χ3n) is 6.23. The fraction of sp³-hybridized carbons (Fsp3) is 0.0357. The van der Waals surface area contributed by atoms with E-state index in [0.717, 1.165) is 21.7 Å². The van der Waals surface area contributed by atoms with Gasteiger partial charge in [-0.3, -0.25) is 4.98 Å². The molecule has 4 aromatic carbocycles. The fourth-order valence-corrected chi connectivity index (χ4v) is 5.43. The Balaban J connectivity index is 1.91. The summed E-state index contributed by atoms with van der Waals surface area (Å²) in [6.07, 6.45) is 1.88. The SMILES string of the molecule is Clc1cc2ccccc2c2c1-c1ccccc1C2(c1ccccc1)c1ccccn1. The molecular formula is C28H18ClN. The van der Waals surface area contributed by atoms with Crippen LogP contribution in [0.5, 0.6) is 0 Å². The van der Waals surface area contributed by atoms with Crippen LogP contribution in [0.3, 0.4) is 0 Å². The Morgan fingerprint density at radius 2 is 1.43 bits per heavy atom. The third kappa shape index (κ3) is 2.21. The van der Waals surface area contributed by atoms with Crippen molar-refractivity contribution in [3.8, 4) is 11.1 Å². The molecule has 2 heteroatoms. The van der Waals surface area contributed by atoms with E-state index in [-0.39, 0.29) is 0 Å². The Hall–Kier alpha value is -3.42. The topological polar surface area (TPSA) is 12.9 Å². The first-order valence-corrected chi connectivity index (χ1v) is 10.5. The van der Waals surface area contributed by atoms with Crippen LogP contribution in [0.25, 0.3) is 21.9 Å². The Morgan fingerprint density at radius 1 is 0.700 bits per heavy atom. The van der Waals surface area contributed by atoms with Crippen LogP contribution < -0.4 is 0 Å². The van der Waals surface area contributed by atoms with Crippen LogP contribution in [-0.4, -0.2) is 4.98 Å². The lowest BCUT2D eigenvalue weighted by Gasteiger charge is -2.33. The zero-order valence-corrected chi connectivity index (χ0v) is 17.0. The normalized spacial score (nSPS) is 17.0. The molecule has 1 nitrogen and oxygen atoms in total.